The molecule has 0 spiro atoms. The molecule has 0 saturated carbocycles. The molecule has 0 radical (unpaired) electrons. The lowest BCUT2D eigenvalue weighted by molar-refractivity contribution is -0.143. The zero-order chi connectivity index (χ0) is 18.5. The van der Waals surface area contributed by atoms with Crippen LogP contribution in [-0.2, 0) is 14.3 Å². The van der Waals surface area contributed by atoms with Crippen LogP contribution in [0.2, 0.25) is 0 Å². The van der Waals surface area contributed by atoms with E-state index in [9.17, 15) is 14.4 Å². The summed E-state index contributed by atoms with van der Waals surface area (Å²) < 4.78 is 4.89. The molecule has 0 bridgehead atoms. The molecule has 2 aliphatic rings. The molecular formula is C18H26N4O4. The number of piperidine rings is 2. The minimum Gasteiger partial charge on any atom is -0.375 e. The number of ether oxygens (including phenoxy) is 1. The minimum atomic E-state index is -0.161. The van der Waals surface area contributed by atoms with Crippen molar-refractivity contribution in [1.29, 1.82) is 0 Å². The number of nitrogens with one attached hydrogen (secondary N) is 1. The van der Waals surface area contributed by atoms with E-state index in [2.05, 4.69) is 9.97 Å². The predicted octanol–water partition coefficient (Wildman–Crippen LogP) is 0.361. The Morgan fingerprint density at radius 3 is 2.69 bits per heavy atom. The van der Waals surface area contributed by atoms with Crippen LogP contribution in [0.4, 0.5) is 0 Å². The molecule has 2 fully saturated rings. The number of nitrogens with zero attached hydrogens (tertiary/aromatic N) is 3. The summed E-state index contributed by atoms with van der Waals surface area (Å²) in [5, 5.41) is 0. The van der Waals surface area contributed by atoms with Gasteiger partial charge in [0.15, 0.2) is 0 Å². The second-order valence-electron chi connectivity index (χ2n) is 7.05. The molecule has 1 aromatic heterocycles. The number of amides is 2. The van der Waals surface area contributed by atoms with Gasteiger partial charge in [0.05, 0.1) is 12.0 Å². The monoisotopic (exact) mass is 362 g/mol. The number of aromatic amines is 1. The second kappa shape index (κ2) is 8.44. The van der Waals surface area contributed by atoms with Crippen LogP contribution in [0.25, 0.3) is 0 Å². The molecule has 2 amide bonds. The summed E-state index contributed by atoms with van der Waals surface area (Å²) >= 11 is 0. The van der Waals surface area contributed by atoms with Gasteiger partial charge in [0.25, 0.3) is 5.56 Å². The van der Waals surface area contributed by atoms with Crippen molar-refractivity contribution in [3.63, 3.8) is 0 Å². The molecule has 8 nitrogen and oxygen atoms in total. The summed E-state index contributed by atoms with van der Waals surface area (Å²) in [5.41, 5.74) is 0.595. The van der Waals surface area contributed by atoms with E-state index in [-0.39, 0.29) is 35.8 Å². The van der Waals surface area contributed by atoms with Gasteiger partial charge in [0.1, 0.15) is 6.61 Å². The molecule has 3 rings (SSSR count). The summed E-state index contributed by atoms with van der Waals surface area (Å²) in [6.07, 6.45) is 4.66. The average molecular weight is 362 g/mol. The molecule has 1 atom stereocenters. The Kier molecular flexibility index (Phi) is 6.03. The molecule has 26 heavy (non-hydrogen) atoms. The molecule has 0 aliphatic carbocycles. The SMILES string of the molecule is COCC(=O)N1CCC(C(=O)N2CCC[C@H](c3cc(=O)[nH]cn3)C2)CC1. The standard InChI is InChI=1S/C18H26N4O4/c1-26-11-17(24)21-7-4-13(5-8-21)18(25)22-6-2-3-14(10-22)15-9-16(23)20-12-19-15/h9,12-14H,2-8,10-11H2,1H3,(H,19,20,23)/t14-/m0/s1. The van der Waals surface area contributed by atoms with E-state index in [1.54, 1.807) is 4.90 Å². The number of hydrogen-bond donors (Lipinski definition) is 1. The van der Waals surface area contributed by atoms with Gasteiger partial charge in [-0.15, -0.1) is 0 Å². The number of H-pyrrole nitrogens is 1. The van der Waals surface area contributed by atoms with E-state index in [1.807, 2.05) is 4.90 Å². The number of carbonyl (C=O) groups excluding carboxylic acids is 2. The number of likely N-dealkylation sites (tertiary alicyclic amines) is 2. The Bertz CT molecular complexity index is 696. The molecule has 1 N–H and O–H groups in total. The lowest BCUT2D eigenvalue weighted by Gasteiger charge is -2.37. The fourth-order valence-corrected chi connectivity index (χ4v) is 3.87. The number of hydrogen-bond acceptors (Lipinski definition) is 5. The summed E-state index contributed by atoms with van der Waals surface area (Å²) in [7, 11) is 1.51. The zero-order valence-electron chi connectivity index (χ0n) is 15.1. The van der Waals surface area contributed by atoms with Crippen molar-refractivity contribution in [2.75, 3.05) is 39.9 Å². The van der Waals surface area contributed by atoms with Crippen molar-refractivity contribution in [3.8, 4) is 0 Å². The van der Waals surface area contributed by atoms with Crippen molar-refractivity contribution in [2.24, 2.45) is 5.92 Å². The maximum Gasteiger partial charge on any atom is 0.250 e. The third kappa shape index (κ3) is 4.30. The van der Waals surface area contributed by atoms with Gasteiger partial charge in [-0.05, 0) is 25.7 Å². The number of rotatable bonds is 4. The zero-order valence-corrected chi connectivity index (χ0v) is 15.1. The summed E-state index contributed by atoms with van der Waals surface area (Å²) in [6.45, 7) is 2.66. The van der Waals surface area contributed by atoms with Gasteiger partial charge in [0, 0.05) is 51.2 Å². The highest BCUT2D eigenvalue weighted by Crippen LogP contribution is 2.28. The van der Waals surface area contributed by atoms with Crippen LogP contribution in [0.5, 0.6) is 0 Å². The molecule has 0 unspecified atom stereocenters. The van der Waals surface area contributed by atoms with Gasteiger partial charge in [-0.2, -0.15) is 0 Å². The fourth-order valence-electron chi connectivity index (χ4n) is 3.87. The van der Waals surface area contributed by atoms with Gasteiger partial charge in [0.2, 0.25) is 11.8 Å². The first kappa shape index (κ1) is 18.6. The average Bonchev–Trinajstić information content (AvgIpc) is 2.68. The molecule has 8 heteroatoms. The summed E-state index contributed by atoms with van der Waals surface area (Å²) in [5.74, 6) is 0.223. The Morgan fingerprint density at radius 1 is 1.23 bits per heavy atom. The van der Waals surface area contributed by atoms with Gasteiger partial charge < -0.3 is 19.5 Å². The molecule has 1 aromatic rings. The molecule has 0 aromatic carbocycles. The topological polar surface area (TPSA) is 95.6 Å². The van der Waals surface area contributed by atoms with Gasteiger partial charge in [-0.1, -0.05) is 0 Å². The van der Waals surface area contributed by atoms with Crippen molar-refractivity contribution in [1.82, 2.24) is 19.8 Å². The van der Waals surface area contributed by atoms with Crippen molar-refractivity contribution in [3.05, 3.63) is 28.4 Å². The maximum absolute atomic E-state index is 12.9. The lowest BCUT2D eigenvalue weighted by Crippen LogP contribution is -2.47. The first-order valence-electron chi connectivity index (χ1n) is 9.18. The smallest absolute Gasteiger partial charge is 0.250 e. The van der Waals surface area contributed by atoms with Crippen molar-refractivity contribution < 1.29 is 14.3 Å². The van der Waals surface area contributed by atoms with Gasteiger partial charge in [-0.25, -0.2) is 4.98 Å². The molecule has 2 aliphatic heterocycles. The van der Waals surface area contributed by atoms with E-state index in [4.69, 9.17) is 4.74 Å². The van der Waals surface area contributed by atoms with E-state index >= 15 is 0 Å². The van der Waals surface area contributed by atoms with E-state index < -0.39 is 0 Å². The number of carbonyl (C=O) groups is 2. The van der Waals surface area contributed by atoms with Crippen molar-refractivity contribution in [2.45, 2.75) is 31.6 Å². The maximum atomic E-state index is 12.9. The first-order chi connectivity index (χ1) is 12.6. The molecule has 3 heterocycles. The van der Waals surface area contributed by atoms with Crippen LogP contribution in [0, 0.1) is 5.92 Å². The van der Waals surface area contributed by atoms with E-state index in [0.29, 0.717) is 32.5 Å². The molecular weight excluding hydrogens is 336 g/mol. The molecule has 142 valence electrons. The van der Waals surface area contributed by atoms with E-state index in [0.717, 1.165) is 25.1 Å². The quantitative estimate of drug-likeness (QED) is 0.834. The Balaban J connectivity index is 1.56. The normalized spacial score (nSPS) is 21.7. The van der Waals surface area contributed by atoms with Crippen LogP contribution < -0.4 is 5.56 Å². The van der Waals surface area contributed by atoms with Gasteiger partial charge >= 0.3 is 0 Å². The van der Waals surface area contributed by atoms with Crippen LogP contribution >= 0.6 is 0 Å². The Labute approximate surface area is 152 Å². The predicted molar refractivity (Wildman–Crippen MR) is 94.6 cm³/mol. The third-order valence-corrected chi connectivity index (χ3v) is 5.32. The highest BCUT2D eigenvalue weighted by Gasteiger charge is 2.33. The Hall–Kier alpha value is -2.22. The number of aromatic nitrogens is 2. The minimum absolute atomic E-state index is 0.0168. The fraction of sp³-hybridized carbons (Fsp3) is 0.667. The first-order valence-corrected chi connectivity index (χ1v) is 9.18. The van der Waals surface area contributed by atoms with Crippen molar-refractivity contribution >= 4 is 11.8 Å². The highest BCUT2D eigenvalue weighted by molar-refractivity contribution is 5.80. The Morgan fingerprint density at radius 2 is 2.00 bits per heavy atom. The van der Waals surface area contributed by atoms with Crippen LogP contribution in [0.3, 0.4) is 0 Å². The molecule has 2 saturated heterocycles. The highest BCUT2D eigenvalue weighted by atomic mass is 16.5. The summed E-state index contributed by atoms with van der Waals surface area (Å²) in [6, 6.07) is 1.53. The second-order valence-corrected chi connectivity index (χ2v) is 7.05. The number of methoxy groups -OCH3 is 1. The van der Waals surface area contributed by atoms with Crippen LogP contribution in [0.15, 0.2) is 17.2 Å². The van der Waals surface area contributed by atoms with Crippen LogP contribution in [0.1, 0.15) is 37.3 Å². The van der Waals surface area contributed by atoms with Gasteiger partial charge in [-0.3, -0.25) is 14.4 Å². The third-order valence-electron chi connectivity index (χ3n) is 5.32. The summed E-state index contributed by atoms with van der Waals surface area (Å²) in [4.78, 5) is 46.8. The van der Waals surface area contributed by atoms with E-state index in [1.165, 1.54) is 19.5 Å². The van der Waals surface area contributed by atoms with Crippen LogP contribution in [-0.4, -0.2) is 71.5 Å². The lowest BCUT2D eigenvalue weighted by atomic mass is 9.91. The largest absolute Gasteiger partial charge is 0.375 e.